The summed E-state index contributed by atoms with van der Waals surface area (Å²) in [5, 5.41) is 0. The molecule has 2 heterocycles. The van der Waals surface area contributed by atoms with E-state index in [9.17, 15) is 0 Å². The molecule has 2 aliphatic rings. The Morgan fingerprint density at radius 1 is 1.12 bits per heavy atom. The Hall–Kier alpha value is -1.41. The second-order valence-corrected chi connectivity index (χ2v) is 5.11. The molecule has 0 aliphatic carbocycles. The molecule has 0 bridgehead atoms. The molecule has 88 valence electrons. The summed E-state index contributed by atoms with van der Waals surface area (Å²) in [6.45, 7) is 7.61. The van der Waals surface area contributed by atoms with E-state index in [0.29, 0.717) is 6.04 Å². The van der Waals surface area contributed by atoms with Gasteiger partial charge in [0.2, 0.25) is 0 Å². The van der Waals surface area contributed by atoms with Crippen molar-refractivity contribution in [1.29, 1.82) is 0 Å². The van der Waals surface area contributed by atoms with Crippen LogP contribution >= 0.6 is 0 Å². The van der Waals surface area contributed by atoms with Crippen LogP contribution in [0.4, 0.5) is 0 Å². The Labute approximate surface area is 103 Å². The third-order valence-electron chi connectivity index (χ3n) is 3.67. The highest BCUT2D eigenvalue weighted by Crippen LogP contribution is 2.28. The summed E-state index contributed by atoms with van der Waals surface area (Å²) < 4.78 is 0. The molecular formula is C15H18N2. The molecule has 1 aromatic rings. The molecule has 17 heavy (non-hydrogen) atoms. The maximum absolute atomic E-state index is 4.70. The molecule has 0 atom stereocenters. The van der Waals surface area contributed by atoms with Gasteiger partial charge in [0.25, 0.3) is 0 Å². The first-order valence-corrected chi connectivity index (χ1v) is 6.31. The molecule has 0 aromatic heterocycles. The fourth-order valence-corrected chi connectivity index (χ4v) is 2.60. The Bertz CT molecular complexity index is 483. The van der Waals surface area contributed by atoms with Gasteiger partial charge in [-0.25, -0.2) is 0 Å². The van der Waals surface area contributed by atoms with E-state index < -0.39 is 0 Å². The number of hydrogen-bond acceptors (Lipinski definition) is 2. The Kier molecular flexibility index (Phi) is 2.60. The van der Waals surface area contributed by atoms with E-state index in [0.717, 1.165) is 19.6 Å². The lowest BCUT2D eigenvalue weighted by Gasteiger charge is -2.21. The van der Waals surface area contributed by atoms with Crippen molar-refractivity contribution in [2.45, 2.75) is 19.9 Å². The van der Waals surface area contributed by atoms with Crippen LogP contribution in [-0.4, -0.2) is 36.3 Å². The van der Waals surface area contributed by atoms with E-state index in [2.05, 4.69) is 49.1 Å². The molecule has 2 nitrogen and oxygen atoms in total. The Morgan fingerprint density at radius 3 is 2.59 bits per heavy atom. The van der Waals surface area contributed by atoms with Crippen LogP contribution in [0.5, 0.6) is 0 Å². The minimum absolute atomic E-state index is 0.623. The molecule has 2 aliphatic heterocycles. The average Bonchev–Trinajstić information content (AvgIpc) is 2.89. The number of hydrogen-bond donors (Lipinski definition) is 0. The van der Waals surface area contributed by atoms with Crippen molar-refractivity contribution in [1.82, 2.24) is 4.90 Å². The quantitative estimate of drug-likeness (QED) is 0.756. The average molecular weight is 226 g/mol. The molecule has 0 spiro atoms. The van der Waals surface area contributed by atoms with Gasteiger partial charge in [-0.2, -0.15) is 0 Å². The highest BCUT2D eigenvalue weighted by atomic mass is 15.2. The summed E-state index contributed by atoms with van der Waals surface area (Å²) in [5.41, 5.74) is 5.49. The van der Waals surface area contributed by atoms with Crippen molar-refractivity contribution in [3.8, 4) is 0 Å². The summed E-state index contributed by atoms with van der Waals surface area (Å²) in [7, 11) is 0. The molecule has 3 rings (SSSR count). The van der Waals surface area contributed by atoms with E-state index in [4.69, 9.17) is 4.99 Å². The van der Waals surface area contributed by atoms with Crippen LogP contribution in [0.3, 0.4) is 0 Å². The predicted molar refractivity (Wildman–Crippen MR) is 71.6 cm³/mol. The molecule has 0 amide bonds. The van der Waals surface area contributed by atoms with Gasteiger partial charge in [-0.05, 0) is 30.6 Å². The molecule has 0 fully saturated rings. The Balaban J connectivity index is 1.87. The fraction of sp³-hybridized carbons (Fsp3) is 0.400. The number of rotatable bonds is 2. The molecule has 0 saturated heterocycles. The van der Waals surface area contributed by atoms with E-state index in [1.54, 1.807) is 0 Å². The van der Waals surface area contributed by atoms with Gasteiger partial charge in [-0.3, -0.25) is 9.89 Å². The van der Waals surface area contributed by atoms with E-state index in [-0.39, 0.29) is 0 Å². The summed E-state index contributed by atoms with van der Waals surface area (Å²) >= 11 is 0. The molecule has 1 aromatic carbocycles. The minimum atomic E-state index is 0.623. The van der Waals surface area contributed by atoms with Gasteiger partial charge >= 0.3 is 0 Å². The van der Waals surface area contributed by atoms with Gasteiger partial charge in [-0.1, -0.05) is 30.3 Å². The lowest BCUT2D eigenvalue weighted by atomic mass is 10.0. The first-order valence-electron chi connectivity index (χ1n) is 6.31. The fourth-order valence-electron chi connectivity index (χ4n) is 2.60. The van der Waals surface area contributed by atoms with Gasteiger partial charge in [0.15, 0.2) is 0 Å². The smallest absolute Gasteiger partial charge is 0.0696 e. The standard InChI is InChI=1S/C15H18N2/c1-11(2)17-9-13-8-16-15(14(13)10-17)12-6-4-3-5-7-12/h3-7,11H,8-10H2,1-2H3. The highest BCUT2D eigenvalue weighted by molar-refractivity contribution is 6.15. The van der Waals surface area contributed by atoms with Crippen LogP contribution in [0, 0.1) is 0 Å². The topological polar surface area (TPSA) is 15.6 Å². The van der Waals surface area contributed by atoms with Crippen molar-refractivity contribution < 1.29 is 0 Å². The normalized spacial score (nSPS) is 20.1. The summed E-state index contributed by atoms with van der Waals surface area (Å²) in [6, 6.07) is 11.2. The number of benzene rings is 1. The van der Waals surface area contributed by atoms with Gasteiger partial charge in [0.1, 0.15) is 0 Å². The first-order chi connectivity index (χ1) is 8.25. The highest BCUT2D eigenvalue weighted by Gasteiger charge is 2.30. The van der Waals surface area contributed by atoms with Gasteiger partial charge in [0.05, 0.1) is 12.3 Å². The Morgan fingerprint density at radius 2 is 1.88 bits per heavy atom. The summed E-state index contributed by atoms with van der Waals surface area (Å²) in [5.74, 6) is 0. The third kappa shape index (κ3) is 1.83. The molecule has 0 saturated carbocycles. The van der Waals surface area contributed by atoms with Crippen LogP contribution in [-0.2, 0) is 0 Å². The molecular weight excluding hydrogens is 208 g/mol. The summed E-state index contributed by atoms with van der Waals surface area (Å²) in [4.78, 5) is 7.22. The predicted octanol–water partition coefficient (Wildman–Crippen LogP) is 2.51. The van der Waals surface area contributed by atoms with Crippen molar-refractivity contribution in [3.05, 3.63) is 47.0 Å². The van der Waals surface area contributed by atoms with Gasteiger partial charge < -0.3 is 0 Å². The maximum Gasteiger partial charge on any atom is 0.0696 e. The van der Waals surface area contributed by atoms with Crippen LogP contribution in [0.1, 0.15) is 19.4 Å². The number of nitrogens with zero attached hydrogens (tertiary/aromatic N) is 2. The maximum atomic E-state index is 4.70. The van der Waals surface area contributed by atoms with Crippen LogP contribution in [0.15, 0.2) is 46.5 Å². The van der Waals surface area contributed by atoms with E-state index >= 15 is 0 Å². The van der Waals surface area contributed by atoms with Crippen molar-refractivity contribution in [3.63, 3.8) is 0 Å². The van der Waals surface area contributed by atoms with Crippen LogP contribution in [0.25, 0.3) is 0 Å². The second-order valence-electron chi connectivity index (χ2n) is 5.11. The van der Waals surface area contributed by atoms with E-state index in [1.165, 1.54) is 22.4 Å². The lowest BCUT2D eigenvalue weighted by molar-refractivity contribution is 0.281. The largest absolute Gasteiger partial charge is 0.293 e. The minimum Gasteiger partial charge on any atom is -0.293 e. The lowest BCUT2D eigenvalue weighted by Crippen LogP contribution is -2.30. The van der Waals surface area contributed by atoms with Gasteiger partial charge in [-0.15, -0.1) is 0 Å². The molecule has 0 N–H and O–H groups in total. The third-order valence-corrected chi connectivity index (χ3v) is 3.67. The second kappa shape index (κ2) is 4.11. The summed E-state index contributed by atoms with van der Waals surface area (Å²) in [6.07, 6.45) is 0. The van der Waals surface area contributed by atoms with Gasteiger partial charge in [0, 0.05) is 19.1 Å². The zero-order valence-corrected chi connectivity index (χ0v) is 10.5. The zero-order chi connectivity index (χ0) is 11.8. The zero-order valence-electron chi connectivity index (χ0n) is 10.5. The monoisotopic (exact) mass is 226 g/mol. The van der Waals surface area contributed by atoms with Crippen molar-refractivity contribution in [2.24, 2.45) is 4.99 Å². The first kappa shape index (κ1) is 10.7. The van der Waals surface area contributed by atoms with Crippen molar-refractivity contribution >= 4 is 5.71 Å². The molecule has 0 radical (unpaired) electrons. The molecule has 0 unspecified atom stereocenters. The number of aliphatic imine (C=N–C) groups is 1. The van der Waals surface area contributed by atoms with Crippen molar-refractivity contribution in [2.75, 3.05) is 19.6 Å². The van der Waals surface area contributed by atoms with Crippen LogP contribution < -0.4 is 0 Å². The SMILES string of the molecule is CC(C)N1CC2=C(C1)C(c1ccccc1)=NC2. The van der Waals surface area contributed by atoms with E-state index in [1.807, 2.05) is 0 Å². The van der Waals surface area contributed by atoms with Crippen LogP contribution in [0.2, 0.25) is 0 Å². The molecule has 2 heteroatoms.